The highest BCUT2D eigenvalue weighted by atomic mass is 16.3. The summed E-state index contributed by atoms with van der Waals surface area (Å²) in [7, 11) is 0. The van der Waals surface area contributed by atoms with E-state index >= 15 is 0 Å². The zero-order valence-electron chi connectivity index (χ0n) is 16.4. The van der Waals surface area contributed by atoms with Gasteiger partial charge in [0.1, 0.15) is 0 Å². The first-order valence-corrected chi connectivity index (χ1v) is 9.85. The molecule has 0 unspecified atom stereocenters. The second-order valence-corrected chi connectivity index (χ2v) is 7.65. The number of nitrogens with one attached hydrogen (secondary N) is 1. The summed E-state index contributed by atoms with van der Waals surface area (Å²) in [5.74, 6) is -0.0699. The van der Waals surface area contributed by atoms with Crippen LogP contribution < -0.4 is 10.2 Å². The summed E-state index contributed by atoms with van der Waals surface area (Å²) in [6, 6.07) is 20.3. The van der Waals surface area contributed by atoms with E-state index in [1.807, 2.05) is 50.2 Å². The number of hydrogen-bond donors (Lipinski definition) is 2. The summed E-state index contributed by atoms with van der Waals surface area (Å²) in [6.45, 7) is 5.42. The molecule has 0 aliphatic carbocycles. The molecular formula is C24H26N2O2. The van der Waals surface area contributed by atoms with Crippen LogP contribution in [0.3, 0.4) is 0 Å². The highest BCUT2D eigenvalue weighted by Gasteiger charge is 2.22. The molecule has 0 aromatic heterocycles. The molecule has 0 radical (unpaired) electrons. The Bertz CT molecular complexity index is 1010. The fraction of sp³-hybridized carbons (Fsp3) is 0.292. The van der Waals surface area contributed by atoms with Gasteiger partial charge >= 0.3 is 0 Å². The summed E-state index contributed by atoms with van der Waals surface area (Å²) in [5.41, 5.74) is 3.74. The average Bonchev–Trinajstić information content (AvgIpc) is 3.14. The van der Waals surface area contributed by atoms with Crippen molar-refractivity contribution in [3.63, 3.8) is 0 Å². The van der Waals surface area contributed by atoms with Crippen LogP contribution in [0.1, 0.15) is 40.9 Å². The Morgan fingerprint density at radius 1 is 1.14 bits per heavy atom. The van der Waals surface area contributed by atoms with E-state index in [1.165, 1.54) is 5.39 Å². The number of rotatable bonds is 4. The standard InChI is InChI=1S/C24H26N2O2/c1-16-10-11-19(26-13-12-20(27)15-26)14-23(16)24(28)25-17(2)21-9-5-7-18-6-3-4-8-22(18)21/h3-11,14,17,20,27H,12-13,15H2,1-2H3,(H,25,28)/t17-,20+/m1/s1. The highest BCUT2D eigenvalue weighted by molar-refractivity contribution is 5.97. The topological polar surface area (TPSA) is 52.6 Å². The average molecular weight is 374 g/mol. The maximum Gasteiger partial charge on any atom is 0.252 e. The molecule has 1 heterocycles. The van der Waals surface area contributed by atoms with Crippen molar-refractivity contribution in [2.75, 3.05) is 18.0 Å². The zero-order valence-corrected chi connectivity index (χ0v) is 16.4. The van der Waals surface area contributed by atoms with Gasteiger partial charge in [0.25, 0.3) is 5.91 Å². The first-order chi connectivity index (χ1) is 13.5. The van der Waals surface area contributed by atoms with Crippen LogP contribution in [0, 0.1) is 6.92 Å². The first kappa shape index (κ1) is 18.5. The molecular weight excluding hydrogens is 348 g/mol. The number of β-amino-alcohol motifs (C(OH)–C–C–N with tert-alkyl or cyclic N) is 1. The van der Waals surface area contributed by atoms with Gasteiger partial charge in [-0.15, -0.1) is 0 Å². The second-order valence-electron chi connectivity index (χ2n) is 7.65. The Morgan fingerprint density at radius 2 is 1.93 bits per heavy atom. The van der Waals surface area contributed by atoms with E-state index in [0.29, 0.717) is 12.1 Å². The monoisotopic (exact) mass is 374 g/mol. The third-order valence-corrected chi connectivity index (χ3v) is 5.63. The van der Waals surface area contributed by atoms with Crippen LogP contribution in [0.4, 0.5) is 5.69 Å². The van der Waals surface area contributed by atoms with E-state index < -0.39 is 0 Å². The van der Waals surface area contributed by atoms with Gasteiger partial charge in [-0.05, 0) is 54.3 Å². The molecule has 1 fully saturated rings. The maximum absolute atomic E-state index is 13.0. The summed E-state index contributed by atoms with van der Waals surface area (Å²) < 4.78 is 0. The normalized spacial score (nSPS) is 17.7. The summed E-state index contributed by atoms with van der Waals surface area (Å²) in [5, 5.41) is 15.3. The molecule has 2 atom stereocenters. The number of amides is 1. The fourth-order valence-electron chi connectivity index (χ4n) is 4.01. The van der Waals surface area contributed by atoms with Crippen LogP contribution in [0.15, 0.2) is 60.7 Å². The number of fused-ring (bicyclic) bond motifs is 1. The number of carbonyl (C=O) groups is 1. The predicted molar refractivity (Wildman–Crippen MR) is 114 cm³/mol. The smallest absolute Gasteiger partial charge is 0.252 e. The Hall–Kier alpha value is -2.85. The molecule has 144 valence electrons. The predicted octanol–water partition coefficient (Wildman–Crippen LogP) is 4.21. The SMILES string of the molecule is Cc1ccc(N2CC[C@H](O)C2)cc1C(=O)N[C@H](C)c1cccc2ccccc12. The second kappa shape index (κ2) is 7.64. The Balaban J connectivity index is 1.58. The minimum Gasteiger partial charge on any atom is -0.391 e. The van der Waals surface area contributed by atoms with Crippen molar-refractivity contribution in [1.29, 1.82) is 0 Å². The summed E-state index contributed by atoms with van der Waals surface area (Å²) >= 11 is 0. The van der Waals surface area contributed by atoms with Gasteiger partial charge < -0.3 is 15.3 Å². The lowest BCUT2D eigenvalue weighted by Gasteiger charge is -2.21. The zero-order chi connectivity index (χ0) is 19.7. The van der Waals surface area contributed by atoms with E-state index in [9.17, 15) is 9.90 Å². The quantitative estimate of drug-likeness (QED) is 0.719. The van der Waals surface area contributed by atoms with Crippen LogP contribution in [-0.4, -0.2) is 30.2 Å². The largest absolute Gasteiger partial charge is 0.391 e. The van der Waals surface area contributed by atoms with Crippen LogP contribution in [0.25, 0.3) is 10.8 Å². The molecule has 1 amide bonds. The molecule has 1 aliphatic rings. The van der Waals surface area contributed by atoms with Gasteiger partial charge in [0.15, 0.2) is 0 Å². The lowest BCUT2D eigenvalue weighted by atomic mass is 9.99. The van der Waals surface area contributed by atoms with Crippen LogP contribution in [0.2, 0.25) is 0 Å². The van der Waals surface area contributed by atoms with E-state index in [1.54, 1.807) is 0 Å². The van der Waals surface area contributed by atoms with Crippen molar-refractivity contribution in [3.05, 3.63) is 77.4 Å². The number of aliphatic hydroxyl groups is 1. The van der Waals surface area contributed by atoms with Gasteiger partial charge in [0.2, 0.25) is 0 Å². The number of benzene rings is 3. The third-order valence-electron chi connectivity index (χ3n) is 5.63. The molecule has 4 heteroatoms. The van der Waals surface area contributed by atoms with Gasteiger partial charge in [-0.2, -0.15) is 0 Å². The van der Waals surface area contributed by atoms with E-state index in [4.69, 9.17) is 0 Å². The Kier molecular flexibility index (Phi) is 5.05. The minimum absolute atomic E-state index is 0.0699. The van der Waals surface area contributed by atoms with Gasteiger partial charge in [-0.3, -0.25) is 4.79 Å². The van der Waals surface area contributed by atoms with Crippen molar-refractivity contribution in [3.8, 4) is 0 Å². The van der Waals surface area contributed by atoms with Crippen molar-refractivity contribution in [1.82, 2.24) is 5.32 Å². The molecule has 0 spiro atoms. The third kappa shape index (κ3) is 3.60. The Morgan fingerprint density at radius 3 is 2.71 bits per heavy atom. The maximum atomic E-state index is 13.0. The van der Waals surface area contributed by atoms with Gasteiger partial charge in [-0.1, -0.05) is 48.5 Å². The molecule has 0 bridgehead atoms. The molecule has 2 N–H and O–H groups in total. The van der Waals surface area contributed by atoms with Crippen molar-refractivity contribution < 1.29 is 9.90 Å². The van der Waals surface area contributed by atoms with Crippen LogP contribution in [-0.2, 0) is 0 Å². The fourth-order valence-corrected chi connectivity index (χ4v) is 4.01. The molecule has 0 saturated carbocycles. The van der Waals surface area contributed by atoms with Crippen LogP contribution in [0.5, 0.6) is 0 Å². The molecule has 4 rings (SSSR count). The number of carbonyl (C=O) groups excluding carboxylic acids is 1. The first-order valence-electron chi connectivity index (χ1n) is 9.85. The molecule has 1 saturated heterocycles. The van der Waals surface area contributed by atoms with Crippen molar-refractivity contribution in [2.45, 2.75) is 32.4 Å². The highest BCUT2D eigenvalue weighted by Crippen LogP contribution is 2.26. The molecule has 1 aliphatic heterocycles. The molecule has 3 aromatic carbocycles. The number of nitrogens with zero attached hydrogens (tertiary/aromatic N) is 1. The number of aliphatic hydroxyl groups excluding tert-OH is 1. The summed E-state index contributed by atoms with van der Waals surface area (Å²) in [6.07, 6.45) is 0.484. The Labute approximate surface area is 165 Å². The minimum atomic E-state index is -0.287. The van der Waals surface area contributed by atoms with E-state index in [2.05, 4.69) is 34.5 Å². The number of aryl methyl sites for hydroxylation is 1. The molecule has 3 aromatic rings. The number of hydrogen-bond acceptors (Lipinski definition) is 3. The van der Waals surface area contributed by atoms with Gasteiger partial charge in [-0.25, -0.2) is 0 Å². The lowest BCUT2D eigenvalue weighted by Crippen LogP contribution is -2.28. The van der Waals surface area contributed by atoms with Gasteiger partial charge in [0.05, 0.1) is 12.1 Å². The molecule has 28 heavy (non-hydrogen) atoms. The van der Waals surface area contributed by atoms with Gasteiger partial charge in [0, 0.05) is 24.3 Å². The van der Waals surface area contributed by atoms with Crippen molar-refractivity contribution >= 4 is 22.4 Å². The number of anilines is 1. The molecule has 4 nitrogen and oxygen atoms in total. The van der Waals surface area contributed by atoms with Crippen molar-refractivity contribution in [2.24, 2.45) is 0 Å². The lowest BCUT2D eigenvalue weighted by molar-refractivity contribution is 0.0939. The summed E-state index contributed by atoms with van der Waals surface area (Å²) in [4.78, 5) is 15.2. The van der Waals surface area contributed by atoms with E-state index in [-0.39, 0.29) is 18.1 Å². The van der Waals surface area contributed by atoms with E-state index in [0.717, 1.165) is 35.2 Å². The van der Waals surface area contributed by atoms with Crippen LogP contribution >= 0.6 is 0 Å².